The van der Waals surface area contributed by atoms with Gasteiger partial charge >= 0.3 is 8.69 Å². The molecule has 0 saturated heterocycles. The van der Waals surface area contributed by atoms with Crippen molar-refractivity contribution in [2.45, 2.75) is 40.0 Å². The van der Waals surface area contributed by atoms with Crippen LogP contribution in [0.25, 0.3) is 0 Å². The number of hydrogen-bond donors (Lipinski definition) is 0. The molecular weight excluding hydrogens is 159 g/mol. The molecule has 1 atom stereocenters. The summed E-state index contributed by atoms with van der Waals surface area (Å²) >= 11 is 0. The normalized spacial score (nSPS) is 12.3. The van der Waals surface area contributed by atoms with Crippen LogP contribution in [0.4, 0.5) is 0 Å². The van der Waals surface area contributed by atoms with Crippen molar-refractivity contribution in [1.29, 1.82) is 0 Å². The molecule has 0 saturated carbocycles. The van der Waals surface area contributed by atoms with Gasteiger partial charge in [-0.2, -0.15) is 0 Å². The SMILES string of the molecule is CC(C)(C)CCCCO[PH+]=O. The molecule has 0 aromatic carbocycles. The summed E-state index contributed by atoms with van der Waals surface area (Å²) in [4.78, 5) is 0. The summed E-state index contributed by atoms with van der Waals surface area (Å²) in [5.74, 6) is 0. The van der Waals surface area contributed by atoms with E-state index in [-0.39, 0.29) is 0 Å². The Morgan fingerprint density at radius 1 is 1.27 bits per heavy atom. The van der Waals surface area contributed by atoms with Crippen LogP contribution in [0.1, 0.15) is 40.0 Å². The molecule has 3 heteroatoms. The molecule has 2 nitrogen and oxygen atoms in total. The Balaban J connectivity index is 3.08. The van der Waals surface area contributed by atoms with Gasteiger partial charge in [0.25, 0.3) is 0 Å². The Bertz CT molecular complexity index is 107. The maximum absolute atomic E-state index is 9.90. The van der Waals surface area contributed by atoms with Gasteiger partial charge in [0.2, 0.25) is 0 Å². The molecule has 0 rings (SSSR count). The van der Waals surface area contributed by atoms with Gasteiger partial charge in [-0.15, -0.1) is 4.52 Å². The second-order valence-corrected chi connectivity index (χ2v) is 4.40. The van der Waals surface area contributed by atoms with Crippen LogP contribution in [0.2, 0.25) is 0 Å². The lowest BCUT2D eigenvalue weighted by atomic mass is 9.90. The van der Waals surface area contributed by atoms with E-state index < -0.39 is 8.69 Å². The van der Waals surface area contributed by atoms with Gasteiger partial charge in [-0.05, 0) is 22.8 Å². The van der Waals surface area contributed by atoms with Gasteiger partial charge in [0.1, 0.15) is 6.61 Å². The summed E-state index contributed by atoms with van der Waals surface area (Å²) in [7, 11) is -0.594. The van der Waals surface area contributed by atoms with Crippen molar-refractivity contribution in [3.63, 3.8) is 0 Å². The first-order valence-electron chi connectivity index (χ1n) is 4.05. The summed E-state index contributed by atoms with van der Waals surface area (Å²) in [5.41, 5.74) is 0.416. The number of rotatable bonds is 5. The van der Waals surface area contributed by atoms with E-state index in [1.54, 1.807) is 0 Å². The van der Waals surface area contributed by atoms with Crippen molar-refractivity contribution in [1.82, 2.24) is 0 Å². The van der Waals surface area contributed by atoms with Crippen molar-refractivity contribution in [2.24, 2.45) is 5.41 Å². The van der Waals surface area contributed by atoms with Gasteiger partial charge in [0, 0.05) is 0 Å². The van der Waals surface area contributed by atoms with Crippen molar-refractivity contribution < 1.29 is 9.09 Å². The fourth-order valence-corrected chi connectivity index (χ4v) is 1.10. The lowest BCUT2D eigenvalue weighted by molar-refractivity contribution is 0.302. The lowest BCUT2D eigenvalue weighted by Crippen LogP contribution is -2.04. The van der Waals surface area contributed by atoms with Gasteiger partial charge in [-0.1, -0.05) is 27.2 Å². The summed E-state index contributed by atoms with van der Waals surface area (Å²) < 4.78 is 14.6. The minimum Gasteiger partial charge on any atom is -0.148 e. The maximum Gasteiger partial charge on any atom is 0.494 e. The standard InChI is InChI=1S/C8H18O2P/c1-8(2,3)6-4-5-7-10-11-9/h11H,4-7H2,1-3H3/q+1. The third-order valence-corrected chi connectivity index (χ3v) is 1.80. The van der Waals surface area contributed by atoms with Crippen molar-refractivity contribution in [3.05, 3.63) is 0 Å². The molecule has 0 aliphatic heterocycles. The number of unbranched alkanes of at least 4 members (excludes halogenated alkanes) is 1. The second kappa shape index (κ2) is 5.68. The molecule has 0 radical (unpaired) electrons. The zero-order valence-corrected chi connectivity index (χ0v) is 8.64. The quantitative estimate of drug-likeness (QED) is 0.476. The summed E-state index contributed by atoms with van der Waals surface area (Å²) in [6, 6.07) is 0. The molecule has 0 N–H and O–H groups in total. The third kappa shape index (κ3) is 10.1. The predicted octanol–water partition coefficient (Wildman–Crippen LogP) is 3.16. The van der Waals surface area contributed by atoms with Crippen LogP contribution in [0.5, 0.6) is 0 Å². The largest absolute Gasteiger partial charge is 0.494 e. The zero-order valence-electron chi connectivity index (χ0n) is 7.64. The van der Waals surface area contributed by atoms with Crippen LogP contribution in [0.3, 0.4) is 0 Å². The Kier molecular flexibility index (Phi) is 5.71. The molecule has 0 amide bonds. The monoisotopic (exact) mass is 177 g/mol. The zero-order chi connectivity index (χ0) is 8.74. The van der Waals surface area contributed by atoms with Gasteiger partial charge in [-0.25, -0.2) is 0 Å². The first-order chi connectivity index (χ1) is 5.06. The highest BCUT2D eigenvalue weighted by molar-refractivity contribution is 7.17. The van der Waals surface area contributed by atoms with E-state index in [0.29, 0.717) is 12.0 Å². The van der Waals surface area contributed by atoms with Crippen LogP contribution < -0.4 is 0 Å². The smallest absolute Gasteiger partial charge is 0.148 e. The van der Waals surface area contributed by atoms with Crippen molar-refractivity contribution in [3.8, 4) is 0 Å². The summed E-state index contributed by atoms with van der Waals surface area (Å²) in [6.45, 7) is 7.31. The van der Waals surface area contributed by atoms with Crippen LogP contribution in [0, 0.1) is 5.41 Å². The van der Waals surface area contributed by atoms with Gasteiger partial charge in [-0.3, -0.25) is 0 Å². The maximum atomic E-state index is 9.90. The lowest BCUT2D eigenvalue weighted by Gasteiger charge is -2.16. The molecule has 66 valence electrons. The van der Waals surface area contributed by atoms with E-state index in [2.05, 4.69) is 20.8 Å². The van der Waals surface area contributed by atoms with Crippen LogP contribution in [-0.2, 0) is 9.09 Å². The van der Waals surface area contributed by atoms with Crippen molar-refractivity contribution >= 4 is 8.69 Å². The van der Waals surface area contributed by atoms with Crippen LogP contribution >= 0.6 is 8.69 Å². The van der Waals surface area contributed by atoms with E-state index >= 15 is 0 Å². The highest BCUT2D eigenvalue weighted by Crippen LogP contribution is 2.21. The molecule has 1 unspecified atom stereocenters. The Morgan fingerprint density at radius 2 is 1.91 bits per heavy atom. The highest BCUT2D eigenvalue weighted by atomic mass is 31.1. The Hall–Kier alpha value is 0.0600. The average molecular weight is 177 g/mol. The molecule has 0 aliphatic rings. The third-order valence-electron chi connectivity index (χ3n) is 1.48. The summed E-state index contributed by atoms with van der Waals surface area (Å²) in [5, 5.41) is 0. The second-order valence-electron chi connectivity index (χ2n) is 3.95. The summed E-state index contributed by atoms with van der Waals surface area (Å²) in [6.07, 6.45) is 3.39. The molecule has 0 spiro atoms. The number of hydrogen-bond acceptors (Lipinski definition) is 2. The molecule has 0 aromatic rings. The molecular formula is C8H18O2P+. The fourth-order valence-electron chi connectivity index (χ4n) is 0.871. The molecule has 0 heterocycles. The first-order valence-corrected chi connectivity index (χ1v) is 4.87. The fraction of sp³-hybridized carbons (Fsp3) is 1.00. The highest BCUT2D eigenvalue weighted by Gasteiger charge is 2.08. The molecule has 0 aliphatic carbocycles. The molecule has 0 aromatic heterocycles. The molecule has 0 bridgehead atoms. The van der Waals surface area contributed by atoms with E-state index in [1.165, 1.54) is 6.42 Å². The minimum atomic E-state index is -0.594. The minimum absolute atomic E-state index is 0.416. The predicted molar refractivity (Wildman–Crippen MR) is 48.3 cm³/mol. The Labute approximate surface area is 70.6 Å². The van der Waals surface area contributed by atoms with E-state index in [1.807, 2.05) is 0 Å². The topological polar surface area (TPSA) is 26.3 Å². The van der Waals surface area contributed by atoms with Gasteiger partial charge in [0.05, 0.1) is 0 Å². The molecule has 0 fully saturated rings. The van der Waals surface area contributed by atoms with E-state index in [9.17, 15) is 4.57 Å². The van der Waals surface area contributed by atoms with E-state index in [0.717, 1.165) is 12.8 Å². The molecule has 11 heavy (non-hydrogen) atoms. The van der Waals surface area contributed by atoms with Crippen LogP contribution in [0.15, 0.2) is 0 Å². The van der Waals surface area contributed by atoms with Gasteiger partial charge < -0.3 is 0 Å². The van der Waals surface area contributed by atoms with Gasteiger partial charge in [0.15, 0.2) is 0 Å². The first kappa shape index (κ1) is 11.1. The van der Waals surface area contributed by atoms with E-state index in [4.69, 9.17) is 4.52 Å². The average Bonchev–Trinajstić information content (AvgIpc) is 1.85. The van der Waals surface area contributed by atoms with Crippen LogP contribution in [-0.4, -0.2) is 6.61 Å². The van der Waals surface area contributed by atoms with Crippen molar-refractivity contribution in [2.75, 3.05) is 6.61 Å². The Morgan fingerprint density at radius 3 is 2.36 bits per heavy atom.